The van der Waals surface area contributed by atoms with E-state index in [1.54, 1.807) is 7.11 Å². The Morgan fingerprint density at radius 3 is 2.61 bits per heavy atom. The third-order valence-electron chi connectivity index (χ3n) is 3.52. The summed E-state index contributed by atoms with van der Waals surface area (Å²) in [4.78, 5) is 19.5. The Morgan fingerprint density at radius 2 is 2.17 bits per heavy atom. The van der Waals surface area contributed by atoms with Crippen molar-refractivity contribution in [3.63, 3.8) is 0 Å². The van der Waals surface area contributed by atoms with Crippen molar-refractivity contribution in [2.24, 2.45) is 5.92 Å². The van der Waals surface area contributed by atoms with Gasteiger partial charge >= 0.3 is 0 Å². The molecule has 1 saturated carbocycles. The molecule has 1 aliphatic rings. The standard InChI is InChI=1S/C13H19IN2O2/c1-8(2)7-9-10(14)11(17)16-12(15-9)13(18-3)5-4-6-13/h8H,4-7H2,1-3H3,(H,15,16,17). The Kier molecular flexibility index (Phi) is 4.11. The largest absolute Gasteiger partial charge is 0.370 e. The molecule has 2 rings (SSSR count). The van der Waals surface area contributed by atoms with Crippen LogP contribution in [-0.2, 0) is 16.8 Å². The molecule has 100 valence electrons. The summed E-state index contributed by atoms with van der Waals surface area (Å²) in [6, 6.07) is 0. The lowest BCUT2D eigenvalue weighted by molar-refractivity contribution is -0.0850. The number of methoxy groups -OCH3 is 1. The summed E-state index contributed by atoms with van der Waals surface area (Å²) in [6.45, 7) is 4.27. The van der Waals surface area contributed by atoms with Crippen LogP contribution in [-0.4, -0.2) is 17.1 Å². The molecule has 1 aromatic heterocycles. The van der Waals surface area contributed by atoms with Gasteiger partial charge in [-0.15, -0.1) is 0 Å². The molecule has 0 atom stereocenters. The van der Waals surface area contributed by atoms with Crippen molar-refractivity contribution >= 4 is 22.6 Å². The fourth-order valence-electron chi connectivity index (χ4n) is 2.28. The quantitative estimate of drug-likeness (QED) is 0.838. The van der Waals surface area contributed by atoms with Crippen LogP contribution < -0.4 is 5.56 Å². The highest BCUT2D eigenvalue weighted by Gasteiger charge is 2.41. The molecule has 0 aliphatic heterocycles. The first-order valence-corrected chi connectivity index (χ1v) is 7.41. The lowest BCUT2D eigenvalue weighted by atomic mass is 9.79. The molecule has 0 unspecified atom stereocenters. The minimum absolute atomic E-state index is 0.0421. The van der Waals surface area contributed by atoms with Crippen molar-refractivity contribution < 1.29 is 4.74 Å². The molecule has 1 aliphatic carbocycles. The van der Waals surface area contributed by atoms with Gasteiger partial charge in [-0.1, -0.05) is 13.8 Å². The van der Waals surface area contributed by atoms with Crippen LogP contribution in [0.4, 0.5) is 0 Å². The van der Waals surface area contributed by atoms with Gasteiger partial charge in [0.1, 0.15) is 11.4 Å². The fourth-order valence-corrected chi connectivity index (χ4v) is 2.75. The number of ether oxygens (including phenoxy) is 1. The summed E-state index contributed by atoms with van der Waals surface area (Å²) in [5, 5.41) is 0. The van der Waals surface area contributed by atoms with E-state index in [9.17, 15) is 4.79 Å². The summed E-state index contributed by atoms with van der Waals surface area (Å²) >= 11 is 2.08. The van der Waals surface area contributed by atoms with E-state index < -0.39 is 0 Å². The SMILES string of the molecule is COC1(c2nc(CC(C)C)c(I)c(=O)[nH]2)CCC1. The van der Waals surface area contributed by atoms with Crippen LogP contribution in [0, 0.1) is 9.49 Å². The highest BCUT2D eigenvalue weighted by molar-refractivity contribution is 14.1. The highest BCUT2D eigenvalue weighted by Crippen LogP contribution is 2.42. The van der Waals surface area contributed by atoms with Crippen molar-refractivity contribution in [3.05, 3.63) is 25.4 Å². The number of H-pyrrole nitrogens is 1. The maximum atomic E-state index is 12.0. The van der Waals surface area contributed by atoms with Gasteiger partial charge in [-0.25, -0.2) is 4.98 Å². The van der Waals surface area contributed by atoms with Crippen molar-refractivity contribution in [3.8, 4) is 0 Å². The highest BCUT2D eigenvalue weighted by atomic mass is 127. The molecule has 0 bridgehead atoms. The van der Waals surface area contributed by atoms with E-state index in [2.05, 4.69) is 46.4 Å². The van der Waals surface area contributed by atoms with Gasteiger partial charge in [0.2, 0.25) is 0 Å². The minimum atomic E-state index is -0.352. The predicted octanol–water partition coefficient (Wildman–Crippen LogP) is 2.60. The summed E-state index contributed by atoms with van der Waals surface area (Å²) in [5.74, 6) is 1.19. The van der Waals surface area contributed by atoms with E-state index in [4.69, 9.17) is 4.74 Å². The average Bonchev–Trinajstić information content (AvgIpc) is 2.23. The lowest BCUT2D eigenvalue weighted by Crippen LogP contribution is -2.40. The number of nitrogens with one attached hydrogen (secondary N) is 1. The molecular formula is C13H19IN2O2. The maximum Gasteiger partial charge on any atom is 0.264 e. The molecule has 1 heterocycles. The van der Waals surface area contributed by atoms with E-state index in [1.807, 2.05) is 0 Å². The zero-order valence-corrected chi connectivity index (χ0v) is 13.2. The van der Waals surface area contributed by atoms with Gasteiger partial charge in [0.05, 0.1) is 9.26 Å². The Balaban J connectivity index is 2.44. The average molecular weight is 362 g/mol. The second-order valence-corrected chi connectivity index (χ2v) is 6.40. The van der Waals surface area contributed by atoms with Crippen LogP contribution in [0.2, 0.25) is 0 Å². The van der Waals surface area contributed by atoms with E-state index in [0.29, 0.717) is 15.3 Å². The van der Waals surface area contributed by atoms with E-state index in [0.717, 1.165) is 31.4 Å². The van der Waals surface area contributed by atoms with Crippen molar-refractivity contribution in [2.75, 3.05) is 7.11 Å². The van der Waals surface area contributed by atoms with Crippen LogP contribution >= 0.6 is 22.6 Å². The van der Waals surface area contributed by atoms with E-state index in [-0.39, 0.29) is 11.2 Å². The molecule has 0 aromatic carbocycles. The molecule has 1 aromatic rings. The number of nitrogens with zero attached hydrogens (tertiary/aromatic N) is 1. The Labute approximate surface area is 121 Å². The van der Waals surface area contributed by atoms with Gasteiger partial charge in [-0.2, -0.15) is 0 Å². The zero-order valence-electron chi connectivity index (χ0n) is 11.0. The van der Waals surface area contributed by atoms with Crippen molar-refractivity contribution in [1.82, 2.24) is 9.97 Å². The van der Waals surface area contributed by atoms with Crippen molar-refractivity contribution in [1.29, 1.82) is 0 Å². The van der Waals surface area contributed by atoms with Gasteiger partial charge in [0.25, 0.3) is 5.56 Å². The normalized spacial score (nSPS) is 17.8. The Hall–Kier alpha value is -0.430. The molecule has 0 amide bonds. The monoisotopic (exact) mass is 362 g/mol. The van der Waals surface area contributed by atoms with E-state index in [1.165, 1.54) is 0 Å². The molecule has 4 nitrogen and oxygen atoms in total. The molecular weight excluding hydrogens is 343 g/mol. The zero-order chi connectivity index (χ0) is 13.3. The minimum Gasteiger partial charge on any atom is -0.370 e. The summed E-state index contributed by atoms with van der Waals surface area (Å²) in [6.07, 6.45) is 3.83. The van der Waals surface area contributed by atoms with Gasteiger partial charge in [0.15, 0.2) is 0 Å². The number of aromatic nitrogens is 2. The number of hydrogen-bond acceptors (Lipinski definition) is 3. The van der Waals surface area contributed by atoms with Crippen LogP contribution in [0.5, 0.6) is 0 Å². The first-order valence-electron chi connectivity index (χ1n) is 6.33. The molecule has 18 heavy (non-hydrogen) atoms. The topological polar surface area (TPSA) is 55.0 Å². The molecule has 5 heteroatoms. The first-order chi connectivity index (χ1) is 8.48. The van der Waals surface area contributed by atoms with E-state index >= 15 is 0 Å². The molecule has 1 fully saturated rings. The van der Waals surface area contributed by atoms with Gasteiger partial charge < -0.3 is 9.72 Å². The Bertz CT molecular complexity index is 487. The molecule has 0 spiro atoms. The van der Waals surface area contributed by atoms with Gasteiger partial charge in [-0.3, -0.25) is 4.79 Å². The first kappa shape index (κ1) is 14.0. The van der Waals surface area contributed by atoms with Crippen LogP contribution in [0.3, 0.4) is 0 Å². The van der Waals surface area contributed by atoms with Gasteiger partial charge in [-0.05, 0) is 54.2 Å². The van der Waals surface area contributed by atoms with Crippen LogP contribution in [0.25, 0.3) is 0 Å². The molecule has 1 N–H and O–H groups in total. The summed E-state index contributed by atoms with van der Waals surface area (Å²) in [7, 11) is 1.69. The summed E-state index contributed by atoms with van der Waals surface area (Å²) < 4.78 is 6.28. The number of aromatic amines is 1. The third kappa shape index (κ3) is 2.47. The molecule has 0 saturated heterocycles. The Morgan fingerprint density at radius 1 is 1.50 bits per heavy atom. The number of halogens is 1. The second-order valence-electron chi connectivity index (χ2n) is 5.33. The maximum absolute atomic E-state index is 12.0. The summed E-state index contributed by atoms with van der Waals surface area (Å²) in [5.41, 5.74) is 0.502. The lowest BCUT2D eigenvalue weighted by Gasteiger charge is -2.39. The van der Waals surface area contributed by atoms with Gasteiger partial charge in [0, 0.05) is 7.11 Å². The number of hydrogen-bond donors (Lipinski definition) is 1. The van der Waals surface area contributed by atoms with Crippen LogP contribution in [0.1, 0.15) is 44.6 Å². The number of rotatable bonds is 4. The molecule has 0 radical (unpaired) electrons. The predicted molar refractivity (Wildman–Crippen MR) is 78.7 cm³/mol. The fraction of sp³-hybridized carbons (Fsp3) is 0.692. The smallest absolute Gasteiger partial charge is 0.264 e. The second kappa shape index (κ2) is 5.28. The third-order valence-corrected chi connectivity index (χ3v) is 4.63. The van der Waals surface area contributed by atoms with Crippen LogP contribution in [0.15, 0.2) is 4.79 Å². The van der Waals surface area contributed by atoms with Crippen molar-refractivity contribution in [2.45, 2.75) is 45.1 Å².